The summed E-state index contributed by atoms with van der Waals surface area (Å²) in [6.07, 6.45) is 3.39. The quantitative estimate of drug-likeness (QED) is 0.607. The van der Waals surface area contributed by atoms with Crippen LogP contribution in [0.1, 0.15) is 31.3 Å². The number of nitrogens with zero attached hydrogens (tertiary/aromatic N) is 5. The number of methoxy groups -OCH3 is 1. The lowest BCUT2D eigenvalue weighted by molar-refractivity contribution is 0.233. The Balaban J connectivity index is 1.77. The van der Waals surface area contributed by atoms with Gasteiger partial charge in [0.25, 0.3) is 5.56 Å². The number of aromatic nitrogens is 5. The largest absolute Gasteiger partial charge is 0.495 e. The standard InChI is InChI=1S/C21H25N5O3/c1-13(14(2)18-7-6-16(28-5)10-23-18)12-29-21-17(11-22-15(3)24-21)19-8-9-20(27)26(4)25-19/h6-11,13-14H,12H2,1-5H3/t13?,14-/m0/s1. The lowest BCUT2D eigenvalue weighted by Crippen LogP contribution is -2.19. The Bertz CT molecular complexity index is 1030. The highest BCUT2D eigenvalue weighted by molar-refractivity contribution is 5.63. The third-order valence-electron chi connectivity index (χ3n) is 4.91. The van der Waals surface area contributed by atoms with Crippen molar-refractivity contribution in [3.05, 3.63) is 58.5 Å². The molecule has 2 atom stereocenters. The van der Waals surface area contributed by atoms with Crippen LogP contribution in [0.3, 0.4) is 0 Å². The summed E-state index contributed by atoms with van der Waals surface area (Å²) >= 11 is 0. The Kier molecular flexibility index (Phi) is 6.21. The molecule has 0 amide bonds. The fourth-order valence-electron chi connectivity index (χ4n) is 2.81. The van der Waals surface area contributed by atoms with Gasteiger partial charge >= 0.3 is 0 Å². The number of rotatable bonds is 7. The second kappa shape index (κ2) is 8.81. The molecule has 0 aromatic carbocycles. The normalized spacial score (nSPS) is 13.0. The molecule has 0 N–H and O–H groups in total. The van der Waals surface area contributed by atoms with E-state index in [1.54, 1.807) is 39.5 Å². The first-order valence-electron chi connectivity index (χ1n) is 9.40. The van der Waals surface area contributed by atoms with Gasteiger partial charge in [0.15, 0.2) is 0 Å². The molecule has 0 spiro atoms. The van der Waals surface area contributed by atoms with E-state index in [0.29, 0.717) is 29.6 Å². The van der Waals surface area contributed by atoms with Gasteiger partial charge in [-0.05, 0) is 31.0 Å². The molecule has 0 aliphatic rings. The summed E-state index contributed by atoms with van der Waals surface area (Å²) < 4.78 is 12.5. The fraction of sp³-hybridized carbons (Fsp3) is 0.381. The predicted octanol–water partition coefficient (Wildman–Crippen LogP) is 2.77. The number of ether oxygens (including phenoxy) is 2. The molecule has 1 unspecified atom stereocenters. The van der Waals surface area contributed by atoms with E-state index >= 15 is 0 Å². The highest BCUT2D eigenvalue weighted by Crippen LogP contribution is 2.28. The lowest BCUT2D eigenvalue weighted by atomic mass is 9.93. The van der Waals surface area contributed by atoms with Crippen molar-refractivity contribution < 1.29 is 9.47 Å². The number of hydrogen-bond acceptors (Lipinski definition) is 7. The number of hydrogen-bond donors (Lipinski definition) is 0. The summed E-state index contributed by atoms with van der Waals surface area (Å²) in [5.74, 6) is 2.15. The Labute approximate surface area is 169 Å². The Morgan fingerprint density at radius 1 is 1.10 bits per heavy atom. The molecule has 3 aromatic rings. The second-order valence-corrected chi connectivity index (χ2v) is 7.02. The predicted molar refractivity (Wildman–Crippen MR) is 109 cm³/mol. The van der Waals surface area contributed by atoms with Crippen LogP contribution in [0.4, 0.5) is 0 Å². The molecular weight excluding hydrogens is 370 g/mol. The van der Waals surface area contributed by atoms with E-state index in [9.17, 15) is 4.79 Å². The summed E-state index contributed by atoms with van der Waals surface area (Å²) in [6, 6.07) is 6.99. The molecule has 3 aromatic heterocycles. The first-order chi connectivity index (χ1) is 13.9. The van der Waals surface area contributed by atoms with Crippen LogP contribution in [0.25, 0.3) is 11.3 Å². The van der Waals surface area contributed by atoms with Gasteiger partial charge in [-0.1, -0.05) is 13.8 Å². The van der Waals surface area contributed by atoms with E-state index in [1.165, 1.54) is 10.7 Å². The summed E-state index contributed by atoms with van der Waals surface area (Å²) in [5.41, 5.74) is 2.02. The van der Waals surface area contributed by atoms with Gasteiger partial charge in [0.1, 0.15) is 11.6 Å². The van der Waals surface area contributed by atoms with Crippen LogP contribution in [-0.4, -0.2) is 38.4 Å². The summed E-state index contributed by atoms with van der Waals surface area (Å²) in [7, 11) is 3.23. The average Bonchev–Trinajstić information content (AvgIpc) is 2.73. The first-order valence-corrected chi connectivity index (χ1v) is 9.40. The smallest absolute Gasteiger partial charge is 0.266 e. The van der Waals surface area contributed by atoms with Crippen LogP contribution >= 0.6 is 0 Å². The average molecular weight is 395 g/mol. The molecule has 0 saturated heterocycles. The second-order valence-electron chi connectivity index (χ2n) is 7.02. The Morgan fingerprint density at radius 2 is 1.90 bits per heavy atom. The van der Waals surface area contributed by atoms with Crippen molar-refractivity contribution in [3.63, 3.8) is 0 Å². The zero-order chi connectivity index (χ0) is 21.0. The van der Waals surface area contributed by atoms with E-state index in [0.717, 1.165) is 11.4 Å². The van der Waals surface area contributed by atoms with Gasteiger partial charge in [0.05, 0.1) is 31.2 Å². The van der Waals surface area contributed by atoms with Crippen molar-refractivity contribution in [2.75, 3.05) is 13.7 Å². The lowest BCUT2D eigenvalue weighted by Gasteiger charge is -2.20. The van der Waals surface area contributed by atoms with Gasteiger partial charge < -0.3 is 9.47 Å². The highest BCUT2D eigenvalue weighted by atomic mass is 16.5. The summed E-state index contributed by atoms with van der Waals surface area (Å²) in [4.78, 5) is 24.8. The monoisotopic (exact) mass is 395 g/mol. The third-order valence-corrected chi connectivity index (χ3v) is 4.91. The fourth-order valence-corrected chi connectivity index (χ4v) is 2.81. The molecule has 0 saturated carbocycles. The van der Waals surface area contributed by atoms with Gasteiger partial charge in [0, 0.05) is 30.9 Å². The maximum atomic E-state index is 11.6. The minimum atomic E-state index is -0.182. The van der Waals surface area contributed by atoms with Crippen LogP contribution in [0.5, 0.6) is 11.6 Å². The molecule has 0 aliphatic carbocycles. The van der Waals surface area contributed by atoms with E-state index in [1.807, 2.05) is 12.1 Å². The van der Waals surface area contributed by atoms with Crippen LogP contribution in [0, 0.1) is 12.8 Å². The molecule has 0 fully saturated rings. The Hall–Kier alpha value is -3.29. The molecule has 29 heavy (non-hydrogen) atoms. The van der Waals surface area contributed by atoms with E-state index in [-0.39, 0.29) is 17.4 Å². The van der Waals surface area contributed by atoms with Crippen molar-refractivity contribution >= 4 is 0 Å². The van der Waals surface area contributed by atoms with Crippen LogP contribution in [-0.2, 0) is 7.05 Å². The zero-order valence-corrected chi connectivity index (χ0v) is 17.3. The molecular formula is C21H25N5O3. The topological polar surface area (TPSA) is 92.0 Å². The van der Waals surface area contributed by atoms with Crippen LogP contribution in [0.15, 0.2) is 41.5 Å². The maximum Gasteiger partial charge on any atom is 0.266 e. The van der Waals surface area contributed by atoms with Gasteiger partial charge in [-0.15, -0.1) is 0 Å². The van der Waals surface area contributed by atoms with E-state index in [4.69, 9.17) is 9.47 Å². The molecule has 0 radical (unpaired) electrons. The molecule has 0 aliphatic heterocycles. The summed E-state index contributed by atoms with van der Waals surface area (Å²) in [6.45, 7) is 6.47. The molecule has 152 valence electrons. The highest BCUT2D eigenvalue weighted by Gasteiger charge is 2.19. The van der Waals surface area contributed by atoms with Gasteiger partial charge in [-0.25, -0.2) is 9.67 Å². The third kappa shape index (κ3) is 4.77. The van der Waals surface area contributed by atoms with Gasteiger partial charge in [-0.2, -0.15) is 10.1 Å². The molecule has 3 rings (SSSR count). The van der Waals surface area contributed by atoms with Crippen molar-refractivity contribution in [3.8, 4) is 22.9 Å². The van der Waals surface area contributed by atoms with Crippen molar-refractivity contribution in [2.24, 2.45) is 13.0 Å². The minimum absolute atomic E-state index is 0.182. The zero-order valence-electron chi connectivity index (χ0n) is 17.3. The molecule has 8 heteroatoms. The van der Waals surface area contributed by atoms with E-state index < -0.39 is 0 Å². The number of aryl methyl sites for hydroxylation is 2. The number of pyridine rings is 1. The molecule has 8 nitrogen and oxygen atoms in total. The van der Waals surface area contributed by atoms with Crippen molar-refractivity contribution in [1.82, 2.24) is 24.7 Å². The summed E-state index contributed by atoms with van der Waals surface area (Å²) in [5, 5.41) is 4.28. The maximum absolute atomic E-state index is 11.6. The molecule has 3 heterocycles. The minimum Gasteiger partial charge on any atom is -0.495 e. The van der Waals surface area contributed by atoms with Gasteiger partial charge in [0.2, 0.25) is 5.88 Å². The van der Waals surface area contributed by atoms with Crippen LogP contribution in [0.2, 0.25) is 0 Å². The Morgan fingerprint density at radius 3 is 2.55 bits per heavy atom. The molecule has 0 bridgehead atoms. The van der Waals surface area contributed by atoms with Crippen molar-refractivity contribution in [2.45, 2.75) is 26.7 Å². The van der Waals surface area contributed by atoms with Gasteiger partial charge in [-0.3, -0.25) is 9.78 Å². The van der Waals surface area contributed by atoms with E-state index in [2.05, 4.69) is 33.9 Å². The first kappa shape index (κ1) is 20.4. The van der Waals surface area contributed by atoms with Crippen molar-refractivity contribution in [1.29, 1.82) is 0 Å². The van der Waals surface area contributed by atoms with Crippen LogP contribution < -0.4 is 15.0 Å². The SMILES string of the molecule is COc1ccc([C@@H](C)C(C)COc2nc(C)ncc2-c2ccc(=O)n(C)n2)nc1.